The number of benzene rings is 1. The monoisotopic (exact) mass is 258 g/mol. The lowest BCUT2D eigenvalue weighted by Crippen LogP contribution is -2.29. The number of carbonyl (C=O) groups is 1. The Balaban J connectivity index is 2.42. The molecule has 3 heteroatoms. The lowest BCUT2D eigenvalue weighted by molar-refractivity contribution is -0.138. The SMILES string of the molecule is CCOC1(c2ccccc2C)C=CC(C(=O)O)C=C1. The van der Waals surface area contributed by atoms with Gasteiger partial charge in [0, 0.05) is 6.61 Å². The van der Waals surface area contributed by atoms with Crippen molar-refractivity contribution in [2.24, 2.45) is 5.92 Å². The summed E-state index contributed by atoms with van der Waals surface area (Å²) < 4.78 is 5.90. The minimum Gasteiger partial charge on any atom is -0.481 e. The first kappa shape index (κ1) is 13.6. The van der Waals surface area contributed by atoms with Crippen molar-refractivity contribution in [3.05, 3.63) is 59.7 Å². The smallest absolute Gasteiger partial charge is 0.314 e. The number of hydrogen-bond acceptors (Lipinski definition) is 2. The van der Waals surface area contributed by atoms with Crippen LogP contribution in [0, 0.1) is 12.8 Å². The molecule has 3 nitrogen and oxygen atoms in total. The van der Waals surface area contributed by atoms with Crippen LogP contribution in [0.1, 0.15) is 18.1 Å². The molecule has 0 fully saturated rings. The number of aryl methyl sites for hydroxylation is 1. The molecule has 0 aromatic heterocycles. The maximum atomic E-state index is 11.0. The maximum absolute atomic E-state index is 11.0. The number of carboxylic acid groups (broad SMARTS) is 1. The molecule has 0 saturated carbocycles. The van der Waals surface area contributed by atoms with Crippen molar-refractivity contribution in [3.63, 3.8) is 0 Å². The first-order valence-corrected chi connectivity index (χ1v) is 6.40. The molecule has 0 atom stereocenters. The number of hydrogen-bond donors (Lipinski definition) is 1. The summed E-state index contributed by atoms with van der Waals surface area (Å²) in [6.45, 7) is 4.52. The van der Waals surface area contributed by atoms with Gasteiger partial charge in [0.1, 0.15) is 5.60 Å². The van der Waals surface area contributed by atoms with Crippen LogP contribution in [-0.4, -0.2) is 17.7 Å². The van der Waals surface area contributed by atoms with Gasteiger partial charge < -0.3 is 9.84 Å². The zero-order chi connectivity index (χ0) is 13.9. The molecule has 0 spiro atoms. The highest BCUT2D eigenvalue weighted by molar-refractivity contribution is 5.75. The Morgan fingerprint density at radius 2 is 1.95 bits per heavy atom. The summed E-state index contributed by atoms with van der Waals surface area (Å²) in [6, 6.07) is 7.99. The molecule has 0 aliphatic heterocycles. The molecule has 19 heavy (non-hydrogen) atoms. The maximum Gasteiger partial charge on any atom is 0.314 e. The van der Waals surface area contributed by atoms with Crippen LogP contribution in [0.4, 0.5) is 0 Å². The lowest BCUT2D eigenvalue weighted by atomic mass is 9.84. The van der Waals surface area contributed by atoms with Gasteiger partial charge in [-0.25, -0.2) is 0 Å². The fourth-order valence-electron chi connectivity index (χ4n) is 2.38. The van der Waals surface area contributed by atoms with Crippen LogP contribution < -0.4 is 0 Å². The van der Waals surface area contributed by atoms with Gasteiger partial charge in [0.2, 0.25) is 0 Å². The van der Waals surface area contributed by atoms with Crippen LogP contribution in [0.5, 0.6) is 0 Å². The topological polar surface area (TPSA) is 46.5 Å². The minimum absolute atomic E-state index is 0.556. The first-order valence-electron chi connectivity index (χ1n) is 6.40. The number of carboxylic acids is 1. The Labute approximate surface area is 113 Å². The van der Waals surface area contributed by atoms with E-state index < -0.39 is 17.5 Å². The molecule has 0 unspecified atom stereocenters. The summed E-state index contributed by atoms with van der Waals surface area (Å²) >= 11 is 0. The van der Waals surface area contributed by atoms with E-state index in [0.29, 0.717) is 6.61 Å². The van der Waals surface area contributed by atoms with E-state index in [1.807, 2.05) is 50.3 Å². The van der Waals surface area contributed by atoms with E-state index in [9.17, 15) is 4.79 Å². The van der Waals surface area contributed by atoms with Crippen LogP contribution in [0.2, 0.25) is 0 Å². The molecule has 1 N–H and O–H groups in total. The summed E-state index contributed by atoms with van der Waals surface area (Å²) in [5, 5.41) is 9.02. The van der Waals surface area contributed by atoms with E-state index in [2.05, 4.69) is 0 Å². The van der Waals surface area contributed by atoms with Gasteiger partial charge in [0.25, 0.3) is 0 Å². The average molecular weight is 258 g/mol. The summed E-state index contributed by atoms with van der Waals surface area (Å²) in [4.78, 5) is 11.0. The van der Waals surface area contributed by atoms with Gasteiger partial charge in [-0.3, -0.25) is 4.79 Å². The van der Waals surface area contributed by atoms with Gasteiger partial charge in [-0.1, -0.05) is 36.4 Å². The van der Waals surface area contributed by atoms with Crippen LogP contribution in [0.3, 0.4) is 0 Å². The van der Waals surface area contributed by atoms with Crippen LogP contribution in [-0.2, 0) is 15.1 Å². The fourth-order valence-corrected chi connectivity index (χ4v) is 2.38. The normalized spacial score (nSPS) is 25.5. The minimum atomic E-state index is -0.845. The van der Waals surface area contributed by atoms with Crippen molar-refractivity contribution < 1.29 is 14.6 Å². The van der Waals surface area contributed by atoms with Gasteiger partial charge in [-0.05, 0) is 37.1 Å². The second-order valence-electron chi connectivity index (χ2n) is 4.62. The fraction of sp³-hybridized carbons (Fsp3) is 0.312. The largest absolute Gasteiger partial charge is 0.481 e. The summed E-state index contributed by atoms with van der Waals surface area (Å²) in [5.74, 6) is -1.42. The Kier molecular flexibility index (Phi) is 3.86. The van der Waals surface area contributed by atoms with Crippen LogP contribution >= 0.6 is 0 Å². The van der Waals surface area contributed by atoms with E-state index in [4.69, 9.17) is 9.84 Å². The van der Waals surface area contributed by atoms with Crippen molar-refractivity contribution in [1.29, 1.82) is 0 Å². The van der Waals surface area contributed by atoms with E-state index in [1.54, 1.807) is 12.2 Å². The number of aliphatic carboxylic acids is 1. The summed E-state index contributed by atoms with van der Waals surface area (Å²) in [7, 11) is 0. The molecule has 0 saturated heterocycles. The molecule has 2 rings (SSSR count). The van der Waals surface area contributed by atoms with Gasteiger partial charge >= 0.3 is 5.97 Å². The highest BCUT2D eigenvalue weighted by Gasteiger charge is 2.32. The molecule has 1 aromatic rings. The molecule has 0 radical (unpaired) electrons. The molecule has 0 bridgehead atoms. The van der Waals surface area contributed by atoms with E-state index in [0.717, 1.165) is 11.1 Å². The predicted octanol–water partition coefficient (Wildman–Crippen LogP) is 3.05. The Morgan fingerprint density at radius 3 is 2.47 bits per heavy atom. The van der Waals surface area contributed by atoms with Gasteiger partial charge in [-0.2, -0.15) is 0 Å². The van der Waals surface area contributed by atoms with Crippen molar-refractivity contribution in [2.75, 3.05) is 6.61 Å². The number of ether oxygens (including phenoxy) is 1. The van der Waals surface area contributed by atoms with Crippen molar-refractivity contribution in [3.8, 4) is 0 Å². The molecular formula is C16H18O3. The first-order chi connectivity index (χ1) is 9.09. The zero-order valence-corrected chi connectivity index (χ0v) is 11.2. The third-order valence-electron chi connectivity index (χ3n) is 3.34. The van der Waals surface area contributed by atoms with E-state index >= 15 is 0 Å². The van der Waals surface area contributed by atoms with Crippen molar-refractivity contribution in [1.82, 2.24) is 0 Å². The third-order valence-corrected chi connectivity index (χ3v) is 3.34. The van der Waals surface area contributed by atoms with E-state index in [1.165, 1.54) is 0 Å². The molecule has 1 aliphatic rings. The van der Waals surface area contributed by atoms with Crippen LogP contribution in [0.15, 0.2) is 48.6 Å². The van der Waals surface area contributed by atoms with Crippen LogP contribution in [0.25, 0.3) is 0 Å². The molecule has 0 heterocycles. The summed E-state index contributed by atoms with van der Waals surface area (Å²) in [5.41, 5.74) is 1.53. The quantitative estimate of drug-likeness (QED) is 0.844. The highest BCUT2D eigenvalue weighted by Crippen LogP contribution is 2.35. The molecule has 100 valence electrons. The average Bonchev–Trinajstić information content (AvgIpc) is 2.40. The predicted molar refractivity (Wildman–Crippen MR) is 73.9 cm³/mol. The second kappa shape index (κ2) is 5.41. The zero-order valence-electron chi connectivity index (χ0n) is 11.2. The van der Waals surface area contributed by atoms with Crippen molar-refractivity contribution >= 4 is 5.97 Å². The Bertz CT molecular complexity index is 515. The van der Waals surface area contributed by atoms with Crippen molar-refractivity contribution in [2.45, 2.75) is 19.4 Å². The van der Waals surface area contributed by atoms with E-state index in [-0.39, 0.29) is 0 Å². The third kappa shape index (κ3) is 2.61. The molecule has 0 amide bonds. The lowest BCUT2D eigenvalue weighted by Gasteiger charge is -2.32. The standard InChI is InChI=1S/C16H18O3/c1-3-19-16(14-7-5-4-6-12(14)2)10-8-13(9-11-16)15(17)18/h4-11,13H,3H2,1-2H3,(H,17,18). The van der Waals surface area contributed by atoms with Gasteiger partial charge in [-0.15, -0.1) is 0 Å². The van der Waals surface area contributed by atoms with Gasteiger partial charge in [0.05, 0.1) is 5.92 Å². The summed E-state index contributed by atoms with van der Waals surface area (Å²) in [6.07, 6.45) is 7.06. The molecule has 1 aromatic carbocycles. The number of rotatable bonds is 4. The highest BCUT2D eigenvalue weighted by atomic mass is 16.5. The molecule has 1 aliphatic carbocycles. The Morgan fingerprint density at radius 1 is 1.32 bits per heavy atom. The van der Waals surface area contributed by atoms with Gasteiger partial charge in [0.15, 0.2) is 0 Å². The second-order valence-corrected chi connectivity index (χ2v) is 4.62. The molecular weight excluding hydrogens is 240 g/mol. The Hall–Kier alpha value is -1.87.